The number of ether oxygens (including phenoxy) is 2. The maximum atomic E-state index is 5.64. The number of nitrogens with one attached hydrogen (secondary N) is 1. The normalized spacial score (nSPS) is 21.1. The monoisotopic (exact) mass is 327 g/mol. The first-order valence-corrected chi connectivity index (χ1v) is 7.70. The minimum Gasteiger partial charge on any atom is -0.497 e. The largest absolute Gasteiger partial charge is 0.497 e. The Morgan fingerprint density at radius 2 is 2.37 bits per heavy atom. The van der Waals surface area contributed by atoms with Gasteiger partial charge in [0.25, 0.3) is 0 Å². The maximum Gasteiger partial charge on any atom is 0.120 e. The fourth-order valence-corrected chi connectivity index (χ4v) is 3.27. The first kappa shape index (κ1) is 14.8. The Morgan fingerprint density at radius 3 is 2.95 bits per heavy atom. The van der Waals surface area contributed by atoms with Gasteiger partial charge in [-0.05, 0) is 37.1 Å². The van der Waals surface area contributed by atoms with E-state index in [-0.39, 0.29) is 0 Å². The van der Waals surface area contributed by atoms with Gasteiger partial charge in [0.1, 0.15) is 5.75 Å². The molecule has 0 saturated carbocycles. The average molecular weight is 328 g/mol. The molecular formula is C15H22BrNO2. The fraction of sp³-hybridized carbons (Fsp3) is 0.600. The summed E-state index contributed by atoms with van der Waals surface area (Å²) in [5, 5.41) is 3.60. The van der Waals surface area contributed by atoms with E-state index < -0.39 is 0 Å². The minimum atomic E-state index is 0.339. The topological polar surface area (TPSA) is 30.5 Å². The molecule has 19 heavy (non-hydrogen) atoms. The molecule has 1 saturated heterocycles. The average Bonchev–Trinajstić information content (AvgIpc) is 2.46. The van der Waals surface area contributed by atoms with E-state index in [2.05, 4.69) is 34.2 Å². The van der Waals surface area contributed by atoms with E-state index in [1.165, 1.54) is 12.0 Å². The van der Waals surface area contributed by atoms with Gasteiger partial charge in [0.15, 0.2) is 0 Å². The van der Waals surface area contributed by atoms with Crippen LogP contribution in [0, 0.1) is 5.92 Å². The van der Waals surface area contributed by atoms with Crippen molar-refractivity contribution in [2.24, 2.45) is 5.92 Å². The molecule has 3 nitrogen and oxygen atoms in total. The van der Waals surface area contributed by atoms with Crippen LogP contribution in [-0.2, 0) is 4.74 Å². The highest BCUT2D eigenvalue weighted by atomic mass is 79.9. The fourth-order valence-electron chi connectivity index (χ4n) is 2.67. The standard InChI is InChI=1S/C15H22BrNO2/c1-3-17-15(11-5-4-8-19-10-11)13-7-6-12(18-2)9-14(13)16/h6-7,9,11,15,17H,3-5,8,10H2,1-2H3. The van der Waals surface area contributed by atoms with Crippen molar-refractivity contribution in [3.8, 4) is 5.75 Å². The molecule has 0 amide bonds. The Labute approximate surface area is 123 Å². The summed E-state index contributed by atoms with van der Waals surface area (Å²) in [6.07, 6.45) is 2.37. The molecule has 0 bridgehead atoms. The third kappa shape index (κ3) is 3.71. The molecule has 0 spiro atoms. The predicted molar refractivity (Wildman–Crippen MR) is 80.7 cm³/mol. The lowest BCUT2D eigenvalue weighted by Crippen LogP contribution is -2.33. The lowest BCUT2D eigenvalue weighted by Gasteiger charge is -2.31. The van der Waals surface area contributed by atoms with Gasteiger partial charge in [0.05, 0.1) is 13.7 Å². The molecule has 1 aromatic rings. The molecule has 1 aliphatic rings. The Balaban J connectivity index is 2.22. The number of benzene rings is 1. The van der Waals surface area contributed by atoms with Gasteiger partial charge in [-0.2, -0.15) is 0 Å². The summed E-state index contributed by atoms with van der Waals surface area (Å²) in [4.78, 5) is 0. The molecule has 4 heteroatoms. The zero-order valence-corrected chi connectivity index (χ0v) is 13.2. The van der Waals surface area contributed by atoms with E-state index in [9.17, 15) is 0 Å². The zero-order valence-electron chi connectivity index (χ0n) is 11.6. The molecular weight excluding hydrogens is 306 g/mol. The summed E-state index contributed by atoms with van der Waals surface area (Å²) >= 11 is 3.66. The van der Waals surface area contributed by atoms with Crippen LogP contribution in [0.1, 0.15) is 31.4 Å². The van der Waals surface area contributed by atoms with Gasteiger partial charge in [-0.1, -0.05) is 28.9 Å². The van der Waals surface area contributed by atoms with Crippen molar-refractivity contribution in [2.45, 2.75) is 25.8 Å². The van der Waals surface area contributed by atoms with E-state index in [1.54, 1.807) is 7.11 Å². The Kier molecular flexibility index (Phi) is 5.67. The number of hydrogen-bond acceptors (Lipinski definition) is 3. The zero-order chi connectivity index (χ0) is 13.7. The van der Waals surface area contributed by atoms with Crippen LogP contribution < -0.4 is 10.1 Å². The molecule has 1 aliphatic heterocycles. The number of rotatable bonds is 5. The first-order chi connectivity index (χ1) is 9.26. The van der Waals surface area contributed by atoms with Crippen molar-refractivity contribution in [2.75, 3.05) is 26.9 Å². The molecule has 0 aliphatic carbocycles. The Bertz CT molecular complexity index is 405. The van der Waals surface area contributed by atoms with E-state index >= 15 is 0 Å². The highest BCUT2D eigenvalue weighted by molar-refractivity contribution is 9.10. The molecule has 1 N–H and O–H groups in total. The van der Waals surface area contributed by atoms with Gasteiger partial charge in [0, 0.05) is 23.0 Å². The summed E-state index contributed by atoms with van der Waals surface area (Å²) in [7, 11) is 1.69. The highest BCUT2D eigenvalue weighted by Gasteiger charge is 2.26. The second kappa shape index (κ2) is 7.27. The molecule has 0 aromatic heterocycles. The quantitative estimate of drug-likeness (QED) is 0.897. The lowest BCUT2D eigenvalue weighted by atomic mass is 9.88. The smallest absolute Gasteiger partial charge is 0.120 e. The summed E-state index contributed by atoms with van der Waals surface area (Å²) in [6, 6.07) is 6.54. The Hall–Kier alpha value is -0.580. The third-order valence-electron chi connectivity index (χ3n) is 3.63. The van der Waals surface area contributed by atoms with Gasteiger partial charge < -0.3 is 14.8 Å². The Morgan fingerprint density at radius 1 is 1.53 bits per heavy atom. The summed E-state index contributed by atoms with van der Waals surface area (Å²) < 4.78 is 12.0. The van der Waals surface area contributed by atoms with Crippen LogP contribution >= 0.6 is 15.9 Å². The molecule has 2 atom stereocenters. The number of methoxy groups -OCH3 is 1. The molecule has 1 heterocycles. The van der Waals surface area contributed by atoms with Crippen molar-refractivity contribution in [1.29, 1.82) is 0 Å². The number of hydrogen-bond donors (Lipinski definition) is 1. The van der Waals surface area contributed by atoms with Crippen LogP contribution in [-0.4, -0.2) is 26.9 Å². The van der Waals surface area contributed by atoms with Gasteiger partial charge >= 0.3 is 0 Å². The van der Waals surface area contributed by atoms with Gasteiger partial charge in [-0.25, -0.2) is 0 Å². The van der Waals surface area contributed by atoms with Crippen LogP contribution in [0.5, 0.6) is 5.75 Å². The lowest BCUT2D eigenvalue weighted by molar-refractivity contribution is 0.0392. The molecule has 1 fully saturated rings. The van der Waals surface area contributed by atoms with Gasteiger partial charge in [0.2, 0.25) is 0 Å². The van der Waals surface area contributed by atoms with Crippen molar-refractivity contribution >= 4 is 15.9 Å². The first-order valence-electron chi connectivity index (χ1n) is 6.90. The van der Waals surface area contributed by atoms with E-state index in [0.29, 0.717) is 12.0 Å². The molecule has 1 aromatic carbocycles. The van der Waals surface area contributed by atoms with E-state index in [4.69, 9.17) is 9.47 Å². The number of halogens is 1. The highest BCUT2D eigenvalue weighted by Crippen LogP contribution is 2.34. The van der Waals surface area contributed by atoms with Gasteiger partial charge in [-0.3, -0.25) is 0 Å². The van der Waals surface area contributed by atoms with Crippen molar-refractivity contribution in [1.82, 2.24) is 5.32 Å². The van der Waals surface area contributed by atoms with Crippen molar-refractivity contribution in [3.63, 3.8) is 0 Å². The summed E-state index contributed by atoms with van der Waals surface area (Å²) in [5.74, 6) is 1.42. The molecule has 0 radical (unpaired) electrons. The van der Waals surface area contributed by atoms with Crippen molar-refractivity contribution < 1.29 is 9.47 Å². The van der Waals surface area contributed by atoms with E-state index in [0.717, 1.165) is 36.4 Å². The van der Waals surface area contributed by atoms with Crippen LogP contribution in [0.4, 0.5) is 0 Å². The second-order valence-electron chi connectivity index (χ2n) is 4.90. The second-order valence-corrected chi connectivity index (χ2v) is 5.75. The van der Waals surface area contributed by atoms with E-state index in [1.807, 2.05) is 12.1 Å². The predicted octanol–water partition coefficient (Wildman–Crippen LogP) is 3.53. The SMILES string of the molecule is CCNC(c1ccc(OC)cc1Br)C1CCCOC1. The van der Waals surface area contributed by atoms with Crippen LogP contribution in [0.3, 0.4) is 0 Å². The maximum absolute atomic E-state index is 5.64. The summed E-state index contributed by atoms with van der Waals surface area (Å²) in [6.45, 7) is 4.85. The molecule has 2 rings (SSSR count). The summed E-state index contributed by atoms with van der Waals surface area (Å²) in [5.41, 5.74) is 1.29. The van der Waals surface area contributed by atoms with Crippen LogP contribution in [0.25, 0.3) is 0 Å². The third-order valence-corrected chi connectivity index (χ3v) is 4.32. The minimum absolute atomic E-state index is 0.339. The molecule has 106 valence electrons. The van der Waals surface area contributed by atoms with Crippen molar-refractivity contribution in [3.05, 3.63) is 28.2 Å². The van der Waals surface area contributed by atoms with Gasteiger partial charge in [-0.15, -0.1) is 0 Å². The van der Waals surface area contributed by atoms with Crippen LogP contribution in [0.2, 0.25) is 0 Å². The molecule has 2 unspecified atom stereocenters. The van der Waals surface area contributed by atoms with Crippen LogP contribution in [0.15, 0.2) is 22.7 Å².